The van der Waals surface area contributed by atoms with Crippen molar-refractivity contribution in [1.82, 2.24) is 4.72 Å². The molecule has 1 N–H and O–H groups in total. The van der Waals surface area contributed by atoms with Gasteiger partial charge in [0.05, 0.1) is 11.2 Å². The van der Waals surface area contributed by atoms with E-state index in [1.807, 2.05) is 32.9 Å². The molecule has 108 valence electrons. The molecule has 0 saturated carbocycles. The van der Waals surface area contributed by atoms with E-state index in [0.29, 0.717) is 11.3 Å². The van der Waals surface area contributed by atoms with Crippen molar-refractivity contribution >= 4 is 10.0 Å². The van der Waals surface area contributed by atoms with E-state index < -0.39 is 10.0 Å². The molecule has 5 heteroatoms. The number of aryl methyl sites for hydroxylation is 2. The predicted octanol–water partition coefficient (Wildman–Crippen LogP) is 2.81. The fourth-order valence-corrected chi connectivity index (χ4v) is 3.31. The van der Waals surface area contributed by atoms with Crippen LogP contribution in [0.1, 0.15) is 23.8 Å². The highest BCUT2D eigenvalue weighted by Crippen LogP contribution is 2.15. The molecule has 1 heterocycles. The molecule has 1 aromatic carbocycles. The monoisotopic (exact) mass is 293 g/mol. The zero-order chi connectivity index (χ0) is 14.8. The van der Waals surface area contributed by atoms with E-state index in [2.05, 4.69) is 4.72 Å². The van der Waals surface area contributed by atoms with E-state index >= 15 is 0 Å². The quantitative estimate of drug-likeness (QED) is 0.922. The third-order valence-corrected chi connectivity index (χ3v) is 4.82. The first-order chi connectivity index (χ1) is 9.38. The van der Waals surface area contributed by atoms with Gasteiger partial charge in [0.15, 0.2) is 0 Å². The fourth-order valence-electron chi connectivity index (χ4n) is 1.99. The summed E-state index contributed by atoms with van der Waals surface area (Å²) >= 11 is 0. The second-order valence-corrected chi connectivity index (χ2v) is 6.77. The minimum Gasteiger partial charge on any atom is -0.469 e. The Balaban J connectivity index is 2.12. The van der Waals surface area contributed by atoms with Crippen LogP contribution >= 0.6 is 0 Å². The Bertz CT molecular complexity index is 675. The molecule has 0 radical (unpaired) electrons. The molecule has 20 heavy (non-hydrogen) atoms. The maximum absolute atomic E-state index is 12.3. The lowest BCUT2D eigenvalue weighted by atomic mass is 10.1. The third kappa shape index (κ3) is 3.49. The molecule has 2 aromatic rings. The van der Waals surface area contributed by atoms with Gasteiger partial charge in [-0.25, -0.2) is 13.1 Å². The summed E-state index contributed by atoms with van der Waals surface area (Å²) in [6.45, 7) is 5.68. The van der Waals surface area contributed by atoms with Gasteiger partial charge in [-0.3, -0.25) is 0 Å². The largest absolute Gasteiger partial charge is 0.469 e. The minimum absolute atomic E-state index is 0.229. The lowest BCUT2D eigenvalue weighted by molar-refractivity contribution is 0.479. The molecule has 0 aliphatic heterocycles. The molecule has 0 fully saturated rings. The minimum atomic E-state index is -3.49. The highest BCUT2D eigenvalue weighted by molar-refractivity contribution is 7.89. The van der Waals surface area contributed by atoms with Crippen molar-refractivity contribution in [3.8, 4) is 0 Å². The molecular formula is C15H19NO3S. The molecule has 4 nitrogen and oxygen atoms in total. The second-order valence-electron chi connectivity index (χ2n) is 5.05. The van der Waals surface area contributed by atoms with Gasteiger partial charge in [0.2, 0.25) is 10.0 Å². The summed E-state index contributed by atoms with van der Waals surface area (Å²) in [6.07, 6.45) is 2.11. The number of hydrogen-bond acceptors (Lipinski definition) is 3. The zero-order valence-electron chi connectivity index (χ0n) is 11.9. The Morgan fingerprint density at radius 1 is 1.20 bits per heavy atom. The van der Waals surface area contributed by atoms with Crippen LogP contribution in [0.2, 0.25) is 0 Å². The number of furan rings is 1. The van der Waals surface area contributed by atoms with Crippen molar-refractivity contribution < 1.29 is 12.8 Å². The average Bonchev–Trinajstić information content (AvgIpc) is 2.84. The summed E-state index contributed by atoms with van der Waals surface area (Å²) in [7, 11) is -3.49. The number of hydrogen-bond donors (Lipinski definition) is 1. The summed E-state index contributed by atoms with van der Waals surface area (Å²) < 4.78 is 32.5. The van der Waals surface area contributed by atoms with Gasteiger partial charge in [0.1, 0.15) is 5.76 Å². The van der Waals surface area contributed by atoms with Gasteiger partial charge in [0.25, 0.3) is 0 Å². The van der Waals surface area contributed by atoms with E-state index in [4.69, 9.17) is 4.42 Å². The topological polar surface area (TPSA) is 59.3 Å². The lowest BCUT2D eigenvalue weighted by Crippen LogP contribution is -2.34. The lowest BCUT2D eigenvalue weighted by Gasteiger charge is -2.14. The van der Waals surface area contributed by atoms with Crippen molar-refractivity contribution in [3.63, 3.8) is 0 Å². The summed E-state index contributed by atoms with van der Waals surface area (Å²) in [4.78, 5) is 0.298. The van der Waals surface area contributed by atoms with E-state index in [1.165, 1.54) is 0 Å². The maximum Gasteiger partial charge on any atom is 0.240 e. The number of benzene rings is 1. The van der Waals surface area contributed by atoms with E-state index in [1.54, 1.807) is 24.5 Å². The van der Waals surface area contributed by atoms with Crippen molar-refractivity contribution in [2.24, 2.45) is 0 Å². The molecule has 0 spiro atoms. The van der Waals surface area contributed by atoms with Crippen LogP contribution in [0.15, 0.2) is 45.9 Å². The highest BCUT2D eigenvalue weighted by atomic mass is 32.2. The highest BCUT2D eigenvalue weighted by Gasteiger charge is 2.18. The van der Waals surface area contributed by atoms with Crippen molar-refractivity contribution in [1.29, 1.82) is 0 Å². The second kappa shape index (κ2) is 5.81. The molecule has 2 rings (SSSR count). The molecular weight excluding hydrogens is 274 g/mol. The molecule has 1 aromatic heterocycles. The average molecular weight is 293 g/mol. The summed E-state index contributed by atoms with van der Waals surface area (Å²) in [5.41, 5.74) is 2.04. The van der Waals surface area contributed by atoms with Crippen molar-refractivity contribution in [2.75, 3.05) is 0 Å². The Morgan fingerprint density at radius 3 is 2.55 bits per heavy atom. The molecule has 0 amide bonds. The van der Waals surface area contributed by atoms with Crippen LogP contribution in [-0.4, -0.2) is 14.5 Å². The Labute approximate surface area is 119 Å². The number of rotatable bonds is 5. The molecule has 0 bridgehead atoms. The predicted molar refractivity (Wildman–Crippen MR) is 78.1 cm³/mol. The first kappa shape index (κ1) is 14.8. The molecule has 0 aliphatic rings. The maximum atomic E-state index is 12.3. The Kier molecular flexibility index (Phi) is 4.30. The standard InChI is InChI=1S/C15H19NO3S/c1-11-6-7-15(9-12(11)2)20(17,18)16-13(3)10-14-5-4-8-19-14/h4-9,13,16H,10H2,1-3H3. The summed E-state index contributed by atoms with van der Waals surface area (Å²) in [6, 6.07) is 8.54. The molecule has 0 aliphatic carbocycles. The van der Waals surface area contributed by atoms with E-state index in [-0.39, 0.29) is 6.04 Å². The first-order valence-corrected chi connectivity index (χ1v) is 7.99. The van der Waals surface area contributed by atoms with Gasteiger partial charge < -0.3 is 4.42 Å². The first-order valence-electron chi connectivity index (χ1n) is 6.50. The summed E-state index contributed by atoms with van der Waals surface area (Å²) in [5, 5.41) is 0. The molecule has 0 saturated heterocycles. The smallest absolute Gasteiger partial charge is 0.240 e. The van der Waals surface area contributed by atoms with Crippen LogP contribution < -0.4 is 4.72 Å². The van der Waals surface area contributed by atoms with Gasteiger partial charge >= 0.3 is 0 Å². The number of sulfonamides is 1. The zero-order valence-corrected chi connectivity index (χ0v) is 12.7. The third-order valence-electron chi connectivity index (χ3n) is 3.23. The van der Waals surface area contributed by atoms with Gasteiger partial charge in [0, 0.05) is 12.5 Å². The van der Waals surface area contributed by atoms with Crippen LogP contribution in [0.3, 0.4) is 0 Å². The van der Waals surface area contributed by atoms with E-state index in [0.717, 1.165) is 16.9 Å². The Hall–Kier alpha value is -1.59. The van der Waals surface area contributed by atoms with Crippen LogP contribution in [0, 0.1) is 13.8 Å². The van der Waals surface area contributed by atoms with Gasteiger partial charge in [-0.05, 0) is 56.2 Å². The number of nitrogens with one attached hydrogen (secondary N) is 1. The van der Waals surface area contributed by atoms with E-state index in [9.17, 15) is 8.42 Å². The van der Waals surface area contributed by atoms with Crippen LogP contribution in [0.5, 0.6) is 0 Å². The SMILES string of the molecule is Cc1ccc(S(=O)(=O)NC(C)Cc2ccco2)cc1C. The molecule has 1 unspecified atom stereocenters. The normalized spacial score (nSPS) is 13.3. The van der Waals surface area contributed by atoms with Crippen LogP contribution in [0.4, 0.5) is 0 Å². The fraction of sp³-hybridized carbons (Fsp3) is 0.333. The van der Waals surface area contributed by atoms with Gasteiger partial charge in [-0.15, -0.1) is 0 Å². The van der Waals surface area contributed by atoms with Crippen molar-refractivity contribution in [3.05, 3.63) is 53.5 Å². The van der Waals surface area contributed by atoms with Crippen LogP contribution in [-0.2, 0) is 16.4 Å². The van der Waals surface area contributed by atoms with Crippen LogP contribution in [0.25, 0.3) is 0 Å². The molecule has 1 atom stereocenters. The van der Waals surface area contributed by atoms with Gasteiger partial charge in [-0.2, -0.15) is 0 Å². The van der Waals surface area contributed by atoms with Crippen molar-refractivity contribution in [2.45, 2.75) is 38.1 Å². The Morgan fingerprint density at radius 2 is 1.95 bits per heavy atom. The van der Waals surface area contributed by atoms with Gasteiger partial charge in [-0.1, -0.05) is 6.07 Å². The summed E-state index contributed by atoms with van der Waals surface area (Å²) in [5.74, 6) is 0.764.